The minimum Gasteiger partial charge on any atom is -0.351 e. The second kappa shape index (κ2) is 7.13. The Morgan fingerprint density at radius 2 is 1.62 bits per heavy atom. The molecule has 4 saturated carbocycles. The topological polar surface area (TPSA) is 75.3 Å². The van der Waals surface area contributed by atoms with Crippen LogP contribution in [0.5, 0.6) is 0 Å². The van der Waals surface area contributed by atoms with E-state index in [4.69, 9.17) is 0 Å². The van der Waals surface area contributed by atoms with Gasteiger partial charge in [-0.3, -0.25) is 9.52 Å². The fraction of sp³-hybridized carbons (Fsp3) is 0.500. The van der Waals surface area contributed by atoms with Gasteiger partial charge in [-0.15, -0.1) is 11.3 Å². The minimum absolute atomic E-state index is 0.0755. The zero-order chi connectivity index (χ0) is 20.1. The predicted octanol–water partition coefficient (Wildman–Crippen LogP) is 4.50. The number of benzene rings is 1. The summed E-state index contributed by atoms with van der Waals surface area (Å²) in [5.41, 5.74) is 1.32. The van der Waals surface area contributed by atoms with Crippen LogP contribution in [0.15, 0.2) is 46.0 Å². The lowest BCUT2D eigenvalue weighted by atomic mass is 9.49. The van der Waals surface area contributed by atoms with Gasteiger partial charge in [-0.1, -0.05) is 6.07 Å². The third kappa shape index (κ3) is 3.82. The van der Waals surface area contributed by atoms with Crippen LogP contribution < -0.4 is 10.0 Å². The van der Waals surface area contributed by atoms with E-state index in [1.54, 1.807) is 41.8 Å². The maximum atomic E-state index is 12.7. The van der Waals surface area contributed by atoms with Gasteiger partial charge in [0.2, 0.25) is 0 Å². The molecule has 4 aliphatic rings. The zero-order valence-electron chi connectivity index (χ0n) is 16.3. The van der Waals surface area contributed by atoms with Crippen molar-refractivity contribution in [2.24, 2.45) is 23.2 Å². The lowest BCUT2D eigenvalue weighted by Crippen LogP contribution is -2.51. The van der Waals surface area contributed by atoms with Crippen molar-refractivity contribution >= 4 is 33.0 Å². The second-order valence-corrected chi connectivity index (χ2v) is 12.1. The van der Waals surface area contributed by atoms with Crippen LogP contribution in [-0.4, -0.2) is 20.9 Å². The molecule has 1 aromatic carbocycles. The molecule has 0 aliphatic heterocycles. The van der Waals surface area contributed by atoms with Gasteiger partial charge in [0.25, 0.3) is 15.9 Å². The second-order valence-electron chi connectivity index (χ2n) is 9.22. The molecule has 4 fully saturated rings. The molecule has 0 radical (unpaired) electrons. The molecule has 4 bridgehead atoms. The number of carbonyl (C=O) groups excluding carboxylic acids is 1. The standard InChI is InChI=1S/C22H26N2O3S2/c25-21(23-14-22-11-15-8-16(12-22)10-17(9-15)13-22)18-3-5-19(6-4-18)24-29(26,27)20-2-1-7-28-20/h1-7,15-17,24H,8-14H2,(H,23,25). The number of amides is 1. The first kappa shape index (κ1) is 19.1. The molecule has 5 nitrogen and oxygen atoms in total. The number of hydrogen-bond donors (Lipinski definition) is 2. The highest BCUT2D eigenvalue weighted by atomic mass is 32.2. The largest absolute Gasteiger partial charge is 0.351 e. The first-order valence-corrected chi connectivity index (χ1v) is 12.7. The predicted molar refractivity (Wildman–Crippen MR) is 115 cm³/mol. The van der Waals surface area contributed by atoms with E-state index in [9.17, 15) is 13.2 Å². The molecular weight excluding hydrogens is 404 g/mol. The molecule has 1 aromatic heterocycles. The summed E-state index contributed by atoms with van der Waals surface area (Å²) >= 11 is 1.17. The van der Waals surface area contributed by atoms with Gasteiger partial charge in [-0.05, 0) is 97.4 Å². The number of anilines is 1. The molecule has 1 amide bonds. The Hall–Kier alpha value is -1.86. The summed E-state index contributed by atoms with van der Waals surface area (Å²) in [6, 6.07) is 9.92. The van der Waals surface area contributed by atoms with Crippen LogP contribution in [0.4, 0.5) is 5.69 Å². The molecule has 0 unspecified atom stereocenters. The molecule has 4 aliphatic carbocycles. The summed E-state index contributed by atoms with van der Waals surface area (Å²) in [5, 5.41) is 4.90. The third-order valence-electron chi connectivity index (χ3n) is 6.95. The van der Waals surface area contributed by atoms with Gasteiger partial charge in [-0.2, -0.15) is 0 Å². The Morgan fingerprint density at radius 3 is 2.17 bits per heavy atom. The molecule has 1 heterocycles. The number of nitrogens with one attached hydrogen (secondary N) is 2. The molecule has 2 aromatic rings. The first-order valence-electron chi connectivity index (χ1n) is 10.4. The molecule has 29 heavy (non-hydrogen) atoms. The Labute approximate surface area is 176 Å². The van der Waals surface area contributed by atoms with Crippen LogP contribution in [-0.2, 0) is 10.0 Å². The van der Waals surface area contributed by atoms with Crippen molar-refractivity contribution < 1.29 is 13.2 Å². The molecule has 0 atom stereocenters. The van der Waals surface area contributed by atoms with Crippen LogP contribution in [0.3, 0.4) is 0 Å². The molecule has 6 rings (SSSR count). The fourth-order valence-electron chi connectivity index (χ4n) is 6.19. The van der Waals surface area contributed by atoms with E-state index in [1.807, 2.05) is 0 Å². The first-order chi connectivity index (χ1) is 13.9. The average Bonchev–Trinajstić information content (AvgIpc) is 3.21. The van der Waals surface area contributed by atoms with Crippen molar-refractivity contribution in [3.8, 4) is 0 Å². The highest BCUT2D eigenvalue weighted by Gasteiger charge is 2.50. The van der Waals surface area contributed by atoms with E-state index in [2.05, 4.69) is 10.0 Å². The van der Waals surface area contributed by atoms with Gasteiger partial charge in [-0.25, -0.2) is 8.42 Å². The van der Waals surface area contributed by atoms with Crippen LogP contribution in [0.2, 0.25) is 0 Å². The number of hydrogen-bond acceptors (Lipinski definition) is 4. The van der Waals surface area contributed by atoms with E-state index in [-0.39, 0.29) is 10.1 Å². The molecule has 154 valence electrons. The van der Waals surface area contributed by atoms with Gasteiger partial charge < -0.3 is 5.32 Å². The van der Waals surface area contributed by atoms with E-state index < -0.39 is 10.0 Å². The maximum Gasteiger partial charge on any atom is 0.271 e. The summed E-state index contributed by atoms with van der Waals surface area (Å²) in [6.07, 6.45) is 8.00. The van der Waals surface area contributed by atoms with Crippen LogP contribution in [0, 0.1) is 23.2 Å². The lowest BCUT2D eigenvalue weighted by Gasteiger charge is -2.56. The molecule has 7 heteroatoms. The minimum atomic E-state index is -3.57. The van der Waals surface area contributed by atoms with Crippen LogP contribution >= 0.6 is 11.3 Å². The van der Waals surface area contributed by atoms with Crippen molar-refractivity contribution in [2.75, 3.05) is 11.3 Å². The Balaban J connectivity index is 1.21. The zero-order valence-corrected chi connectivity index (χ0v) is 17.9. The maximum absolute atomic E-state index is 12.7. The quantitative estimate of drug-likeness (QED) is 0.709. The molecule has 0 saturated heterocycles. The Morgan fingerprint density at radius 1 is 1.00 bits per heavy atom. The van der Waals surface area contributed by atoms with E-state index in [1.165, 1.54) is 49.9 Å². The number of carbonyl (C=O) groups is 1. The normalized spacial score (nSPS) is 30.3. The van der Waals surface area contributed by atoms with E-state index in [0.29, 0.717) is 16.7 Å². The van der Waals surface area contributed by atoms with Gasteiger partial charge in [0.05, 0.1) is 0 Å². The average molecular weight is 431 g/mol. The monoisotopic (exact) mass is 430 g/mol. The van der Waals surface area contributed by atoms with E-state index in [0.717, 1.165) is 24.3 Å². The Kier molecular flexibility index (Phi) is 4.70. The summed E-state index contributed by atoms with van der Waals surface area (Å²) in [7, 11) is -3.57. The smallest absolute Gasteiger partial charge is 0.271 e. The van der Waals surface area contributed by atoms with Crippen molar-refractivity contribution in [2.45, 2.75) is 42.7 Å². The SMILES string of the molecule is O=C(NCC12CC3CC(CC(C3)C1)C2)c1ccc(NS(=O)(=O)c2cccs2)cc1. The molecule has 0 spiro atoms. The summed E-state index contributed by atoms with van der Waals surface area (Å²) in [4.78, 5) is 12.7. The summed E-state index contributed by atoms with van der Waals surface area (Å²) in [5.74, 6) is 2.53. The third-order valence-corrected chi connectivity index (χ3v) is 9.73. The van der Waals surface area contributed by atoms with Crippen molar-refractivity contribution in [1.29, 1.82) is 0 Å². The molecule has 2 N–H and O–H groups in total. The molecular formula is C22H26N2O3S2. The number of sulfonamides is 1. The number of rotatable bonds is 6. The van der Waals surface area contributed by atoms with Crippen LogP contribution in [0.25, 0.3) is 0 Å². The van der Waals surface area contributed by atoms with E-state index >= 15 is 0 Å². The van der Waals surface area contributed by atoms with Gasteiger partial charge in [0, 0.05) is 17.8 Å². The van der Waals surface area contributed by atoms with Gasteiger partial charge in [0.1, 0.15) is 4.21 Å². The Bertz CT molecular complexity index is 962. The summed E-state index contributed by atoms with van der Waals surface area (Å²) in [6.45, 7) is 0.766. The number of thiophene rings is 1. The summed E-state index contributed by atoms with van der Waals surface area (Å²) < 4.78 is 27.5. The fourth-order valence-corrected chi connectivity index (χ4v) is 8.24. The lowest BCUT2D eigenvalue weighted by molar-refractivity contribution is -0.0503. The van der Waals surface area contributed by atoms with Crippen molar-refractivity contribution in [1.82, 2.24) is 5.32 Å². The highest BCUT2D eigenvalue weighted by molar-refractivity contribution is 7.94. The highest BCUT2D eigenvalue weighted by Crippen LogP contribution is 2.59. The van der Waals surface area contributed by atoms with Gasteiger partial charge >= 0.3 is 0 Å². The van der Waals surface area contributed by atoms with Crippen molar-refractivity contribution in [3.63, 3.8) is 0 Å². The van der Waals surface area contributed by atoms with Gasteiger partial charge in [0.15, 0.2) is 0 Å². The van der Waals surface area contributed by atoms with Crippen LogP contribution in [0.1, 0.15) is 48.9 Å². The van der Waals surface area contributed by atoms with Crippen molar-refractivity contribution in [3.05, 3.63) is 47.3 Å².